The lowest BCUT2D eigenvalue weighted by atomic mass is 9.94. The monoisotopic (exact) mass is 238 g/mol. The molecule has 3 heteroatoms. The minimum atomic E-state index is -0.166. The van der Waals surface area contributed by atoms with E-state index in [-0.39, 0.29) is 11.4 Å². The molecule has 1 aliphatic heterocycles. The van der Waals surface area contributed by atoms with Crippen LogP contribution in [-0.4, -0.2) is 18.2 Å². The largest absolute Gasteiger partial charge is 0.375 e. The summed E-state index contributed by atoms with van der Waals surface area (Å²) >= 11 is 0. The molecule has 0 spiro atoms. The molecule has 1 fully saturated rings. The van der Waals surface area contributed by atoms with Crippen molar-refractivity contribution in [3.63, 3.8) is 0 Å². The molecule has 2 N–H and O–H groups in total. The van der Waals surface area contributed by atoms with Crippen LogP contribution in [0.1, 0.15) is 32.3 Å². The van der Waals surface area contributed by atoms with E-state index in [1.54, 1.807) is 0 Å². The average Bonchev–Trinajstić information content (AvgIpc) is 2.27. The molecule has 0 aromatic heterocycles. The van der Waals surface area contributed by atoms with Gasteiger partial charge in [-0.2, -0.15) is 0 Å². The number of nitrogens with two attached hydrogens (primary N) is 1. The van der Waals surface area contributed by atoms with E-state index < -0.39 is 0 Å². The zero-order valence-electron chi connectivity index (χ0n) is 10.6. The molecule has 0 bridgehead atoms. The fourth-order valence-corrected chi connectivity index (χ4v) is 2.40. The van der Waals surface area contributed by atoms with Crippen LogP contribution in [0, 0.1) is 5.82 Å². The van der Waals surface area contributed by atoms with Gasteiger partial charge in [0.2, 0.25) is 0 Å². The SMILES string of the molecule is CC1(C)C[C@H]([NH2+]Cc2ccc(F)cc2)CCO1. The fraction of sp³-hybridized carbons (Fsp3) is 0.571. The smallest absolute Gasteiger partial charge is 0.123 e. The molecular formula is C14H21FNO+. The zero-order valence-corrected chi connectivity index (χ0v) is 10.6. The quantitative estimate of drug-likeness (QED) is 0.854. The van der Waals surface area contributed by atoms with Crippen LogP contribution in [0.25, 0.3) is 0 Å². The fourth-order valence-electron chi connectivity index (χ4n) is 2.40. The Labute approximate surface area is 102 Å². The first kappa shape index (κ1) is 12.5. The summed E-state index contributed by atoms with van der Waals surface area (Å²) in [6, 6.07) is 7.38. The minimum Gasteiger partial charge on any atom is -0.375 e. The normalized spacial score (nSPS) is 23.6. The van der Waals surface area contributed by atoms with Crippen molar-refractivity contribution in [2.45, 2.75) is 44.9 Å². The van der Waals surface area contributed by atoms with Crippen LogP contribution >= 0.6 is 0 Å². The van der Waals surface area contributed by atoms with Crippen molar-refractivity contribution >= 4 is 0 Å². The Kier molecular flexibility index (Phi) is 3.79. The highest BCUT2D eigenvalue weighted by Crippen LogP contribution is 2.22. The van der Waals surface area contributed by atoms with Crippen molar-refractivity contribution in [3.8, 4) is 0 Å². The maximum absolute atomic E-state index is 12.8. The molecule has 0 radical (unpaired) electrons. The van der Waals surface area contributed by atoms with Crippen molar-refractivity contribution in [1.29, 1.82) is 0 Å². The third-order valence-corrected chi connectivity index (χ3v) is 3.34. The number of hydrogen-bond donors (Lipinski definition) is 1. The van der Waals surface area contributed by atoms with Crippen molar-refractivity contribution in [3.05, 3.63) is 35.6 Å². The molecule has 0 unspecified atom stereocenters. The van der Waals surface area contributed by atoms with E-state index in [2.05, 4.69) is 19.2 Å². The van der Waals surface area contributed by atoms with Crippen LogP contribution in [0.2, 0.25) is 0 Å². The first-order chi connectivity index (χ1) is 8.05. The third kappa shape index (κ3) is 3.79. The van der Waals surface area contributed by atoms with Crippen molar-refractivity contribution in [2.24, 2.45) is 0 Å². The van der Waals surface area contributed by atoms with Crippen LogP contribution in [0.15, 0.2) is 24.3 Å². The second-order valence-corrected chi connectivity index (χ2v) is 5.43. The summed E-state index contributed by atoms with van der Waals surface area (Å²) in [7, 11) is 0. The Hall–Kier alpha value is -0.930. The van der Waals surface area contributed by atoms with E-state index in [4.69, 9.17) is 4.74 Å². The lowest BCUT2D eigenvalue weighted by Gasteiger charge is -2.34. The van der Waals surface area contributed by atoms with E-state index >= 15 is 0 Å². The average molecular weight is 238 g/mol. The molecule has 2 rings (SSSR count). The van der Waals surface area contributed by atoms with Crippen LogP contribution in [-0.2, 0) is 11.3 Å². The molecule has 17 heavy (non-hydrogen) atoms. The van der Waals surface area contributed by atoms with Gasteiger partial charge in [-0.05, 0) is 26.0 Å². The summed E-state index contributed by atoms with van der Waals surface area (Å²) in [5.41, 5.74) is 1.18. The second-order valence-electron chi connectivity index (χ2n) is 5.43. The molecule has 1 saturated heterocycles. The van der Waals surface area contributed by atoms with Crippen molar-refractivity contribution in [1.82, 2.24) is 0 Å². The molecule has 1 heterocycles. The first-order valence-electron chi connectivity index (χ1n) is 6.27. The Morgan fingerprint density at radius 3 is 2.71 bits per heavy atom. The highest BCUT2D eigenvalue weighted by molar-refractivity contribution is 5.14. The number of rotatable bonds is 3. The first-order valence-corrected chi connectivity index (χ1v) is 6.27. The number of halogens is 1. The van der Waals surface area contributed by atoms with E-state index in [0.717, 1.165) is 26.0 Å². The zero-order chi connectivity index (χ0) is 12.3. The molecule has 0 amide bonds. The van der Waals surface area contributed by atoms with Gasteiger partial charge in [-0.1, -0.05) is 12.1 Å². The summed E-state index contributed by atoms with van der Waals surface area (Å²) in [6.45, 7) is 6.05. The summed E-state index contributed by atoms with van der Waals surface area (Å²) in [5.74, 6) is -0.166. The van der Waals surface area contributed by atoms with Gasteiger partial charge in [-0.15, -0.1) is 0 Å². The van der Waals surface area contributed by atoms with E-state index in [1.807, 2.05) is 12.1 Å². The molecule has 1 atom stereocenters. The molecule has 0 saturated carbocycles. The van der Waals surface area contributed by atoms with Crippen LogP contribution in [0.3, 0.4) is 0 Å². The van der Waals surface area contributed by atoms with Crippen LogP contribution in [0.4, 0.5) is 4.39 Å². The Morgan fingerprint density at radius 1 is 1.35 bits per heavy atom. The predicted molar refractivity (Wildman–Crippen MR) is 65.1 cm³/mol. The highest BCUT2D eigenvalue weighted by Gasteiger charge is 2.30. The topological polar surface area (TPSA) is 25.8 Å². The van der Waals surface area contributed by atoms with Gasteiger partial charge < -0.3 is 10.1 Å². The summed E-state index contributed by atoms with van der Waals surface area (Å²) < 4.78 is 18.5. The minimum absolute atomic E-state index is 0.00220. The molecule has 1 aliphatic rings. The molecule has 0 aliphatic carbocycles. The maximum Gasteiger partial charge on any atom is 0.123 e. The molecule has 1 aromatic carbocycles. The Morgan fingerprint density at radius 2 is 2.06 bits per heavy atom. The van der Waals surface area contributed by atoms with E-state index in [0.29, 0.717) is 6.04 Å². The van der Waals surface area contributed by atoms with Gasteiger partial charge >= 0.3 is 0 Å². The van der Waals surface area contributed by atoms with Gasteiger partial charge in [0.25, 0.3) is 0 Å². The Bertz CT molecular complexity index is 361. The number of ether oxygens (including phenoxy) is 1. The van der Waals surface area contributed by atoms with Crippen LogP contribution in [0.5, 0.6) is 0 Å². The van der Waals surface area contributed by atoms with Gasteiger partial charge in [0.15, 0.2) is 0 Å². The van der Waals surface area contributed by atoms with Crippen LogP contribution < -0.4 is 5.32 Å². The second kappa shape index (κ2) is 5.15. The summed E-state index contributed by atoms with van der Waals surface area (Å²) in [6.07, 6.45) is 2.18. The predicted octanol–water partition coefficient (Wildman–Crippen LogP) is 1.85. The molecule has 2 nitrogen and oxygen atoms in total. The lowest BCUT2D eigenvalue weighted by molar-refractivity contribution is -0.709. The molecule has 1 aromatic rings. The van der Waals surface area contributed by atoms with Gasteiger partial charge in [0.05, 0.1) is 18.2 Å². The standard InChI is InChI=1S/C14H20FNO/c1-14(2)9-13(7-8-17-14)16-10-11-3-5-12(15)6-4-11/h3-6,13,16H,7-10H2,1-2H3/p+1/t13-/m1/s1. The van der Waals surface area contributed by atoms with Crippen molar-refractivity contribution < 1.29 is 14.4 Å². The van der Waals surface area contributed by atoms with Gasteiger partial charge in [-0.3, -0.25) is 0 Å². The maximum atomic E-state index is 12.8. The van der Waals surface area contributed by atoms with Crippen molar-refractivity contribution in [2.75, 3.05) is 6.61 Å². The lowest BCUT2D eigenvalue weighted by Crippen LogP contribution is -2.89. The summed E-state index contributed by atoms with van der Waals surface area (Å²) in [4.78, 5) is 0. The molecular weight excluding hydrogens is 217 g/mol. The van der Waals surface area contributed by atoms with Gasteiger partial charge in [0.1, 0.15) is 12.4 Å². The third-order valence-electron chi connectivity index (χ3n) is 3.34. The number of hydrogen-bond acceptors (Lipinski definition) is 1. The van der Waals surface area contributed by atoms with E-state index in [1.165, 1.54) is 17.7 Å². The number of quaternary nitrogens is 1. The van der Waals surface area contributed by atoms with E-state index in [9.17, 15) is 4.39 Å². The number of benzene rings is 1. The highest BCUT2D eigenvalue weighted by atomic mass is 19.1. The Balaban J connectivity index is 1.84. The van der Waals surface area contributed by atoms with Gasteiger partial charge in [-0.25, -0.2) is 4.39 Å². The van der Waals surface area contributed by atoms with Gasteiger partial charge in [0, 0.05) is 18.4 Å². The summed E-state index contributed by atoms with van der Waals surface area (Å²) in [5, 5.41) is 2.34. The molecule has 94 valence electrons.